The molecule has 1 aliphatic rings. The summed E-state index contributed by atoms with van der Waals surface area (Å²) in [6, 6.07) is 3.01. The van der Waals surface area contributed by atoms with Crippen LogP contribution in [-0.4, -0.2) is 54.6 Å². The number of anilines is 1. The number of hydrogen-bond donors (Lipinski definition) is 3. The number of nitrogens with one attached hydrogen (secondary N) is 1. The lowest BCUT2D eigenvalue weighted by Crippen LogP contribution is -2.48. The third kappa shape index (κ3) is 4.52. The molecule has 0 aliphatic carbocycles. The molecule has 1 saturated heterocycles. The molecular weight excluding hydrogens is 437 g/mol. The predicted octanol–water partition coefficient (Wildman–Crippen LogP) is 4.09. The molecule has 0 saturated carbocycles. The maximum Gasteiger partial charge on any atom is 0.223 e. The van der Waals surface area contributed by atoms with Gasteiger partial charge in [0.2, 0.25) is 5.95 Å². The van der Waals surface area contributed by atoms with Crippen molar-refractivity contribution in [2.45, 2.75) is 84.3 Å². The number of nitrogens with zero attached hydrogens (tertiary/aromatic N) is 4. The SMILES string of the molecule is CC[C@H]1OCC[C@H](Nc2ncc(C)c(-c3cc(F)c4nc(C(C)(C)O)n(C(C)C)c4c3)n2)[C@H]1O. The zero-order valence-electron chi connectivity index (χ0n) is 20.6. The van der Waals surface area contributed by atoms with Gasteiger partial charge in [0, 0.05) is 24.4 Å². The number of benzene rings is 1. The predicted molar refractivity (Wildman–Crippen MR) is 129 cm³/mol. The summed E-state index contributed by atoms with van der Waals surface area (Å²) in [5.74, 6) is 0.307. The highest BCUT2D eigenvalue weighted by molar-refractivity contribution is 5.83. The van der Waals surface area contributed by atoms with Gasteiger partial charge in [-0.05, 0) is 65.2 Å². The van der Waals surface area contributed by atoms with E-state index in [1.807, 2.05) is 38.3 Å². The molecule has 34 heavy (non-hydrogen) atoms. The van der Waals surface area contributed by atoms with Crippen LogP contribution in [0.15, 0.2) is 18.3 Å². The fraction of sp³-hybridized carbons (Fsp3) is 0.560. The largest absolute Gasteiger partial charge is 0.388 e. The van der Waals surface area contributed by atoms with Crippen LogP contribution in [-0.2, 0) is 10.3 Å². The molecule has 3 aromatic rings. The van der Waals surface area contributed by atoms with Gasteiger partial charge < -0.3 is 24.8 Å². The first-order chi connectivity index (χ1) is 16.0. The summed E-state index contributed by atoms with van der Waals surface area (Å²) >= 11 is 0. The van der Waals surface area contributed by atoms with Gasteiger partial charge in [0.1, 0.15) is 23.0 Å². The maximum atomic E-state index is 15.3. The first-order valence-electron chi connectivity index (χ1n) is 11.9. The molecule has 0 radical (unpaired) electrons. The first kappa shape index (κ1) is 24.5. The molecule has 3 N–H and O–H groups in total. The molecule has 1 aromatic carbocycles. The highest BCUT2D eigenvalue weighted by Gasteiger charge is 2.32. The standard InChI is InChI=1S/C25H34FN5O3/c1-7-19-22(32)17(8-9-34-19)28-24-27-12-14(4)20(30-24)15-10-16(26)21-18(11-15)31(13(2)3)23(29-21)25(5,6)33/h10-13,17,19,22,32-33H,7-9H2,1-6H3,(H,27,28,30)/t17-,19+,22+/m0/s1. The van der Waals surface area contributed by atoms with Gasteiger partial charge in [0.15, 0.2) is 5.82 Å². The number of hydrogen-bond acceptors (Lipinski definition) is 7. The Morgan fingerprint density at radius 3 is 2.68 bits per heavy atom. The van der Waals surface area contributed by atoms with E-state index >= 15 is 4.39 Å². The van der Waals surface area contributed by atoms with Gasteiger partial charge in [-0.15, -0.1) is 0 Å². The number of imidazole rings is 1. The summed E-state index contributed by atoms with van der Waals surface area (Å²) in [6.07, 6.45) is 2.15. The van der Waals surface area contributed by atoms with Gasteiger partial charge in [-0.1, -0.05) is 6.92 Å². The van der Waals surface area contributed by atoms with E-state index in [-0.39, 0.29) is 23.7 Å². The van der Waals surface area contributed by atoms with Crippen LogP contribution in [0.4, 0.5) is 10.3 Å². The number of aromatic nitrogens is 4. The molecule has 4 rings (SSSR count). The van der Waals surface area contributed by atoms with E-state index in [0.717, 1.165) is 12.0 Å². The van der Waals surface area contributed by atoms with Crippen molar-refractivity contribution >= 4 is 17.0 Å². The monoisotopic (exact) mass is 471 g/mol. The van der Waals surface area contributed by atoms with E-state index in [2.05, 4.69) is 20.3 Å². The van der Waals surface area contributed by atoms with E-state index in [9.17, 15) is 10.2 Å². The molecule has 2 aromatic heterocycles. The van der Waals surface area contributed by atoms with Crippen LogP contribution in [0.3, 0.4) is 0 Å². The Bertz CT molecular complexity index is 1190. The van der Waals surface area contributed by atoms with Crippen LogP contribution in [0.2, 0.25) is 0 Å². The van der Waals surface area contributed by atoms with E-state index in [0.29, 0.717) is 41.6 Å². The highest BCUT2D eigenvalue weighted by atomic mass is 19.1. The number of aliphatic hydroxyl groups is 2. The van der Waals surface area contributed by atoms with Gasteiger partial charge >= 0.3 is 0 Å². The molecule has 9 heteroatoms. The van der Waals surface area contributed by atoms with Crippen LogP contribution in [0, 0.1) is 12.7 Å². The van der Waals surface area contributed by atoms with Crippen molar-refractivity contribution in [3.63, 3.8) is 0 Å². The van der Waals surface area contributed by atoms with Crippen molar-refractivity contribution in [2.24, 2.45) is 0 Å². The topological polar surface area (TPSA) is 105 Å². The number of aryl methyl sites for hydroxylation is 1. The average molecular weight is 472 g/mol. The van der Waals surface area contributed by atoms with Crippen LogP contribution in [0.1, 0.15) is 64.9 Å². The van der Waals surface area contributed by atoms with Gasteiger partial charge in [-0.2, -0.15) is 0 Å². The van der Waals surface area contributed by atoms with E-state index in [1.165, 1.54) is 6.07 Å². The number of ether oxygens (including phenoxy) is 1. The summed E-state index contributed by atoms with van der Waals surface area (Å²) in [5, 5.41) is 24.5. The maximum absolute atomic E-state index is 15.3. The van der Waals surface area contributed by atoms with Crippen LogP contribution in [0.5, 0.6) is 0 Å². The van der Waals surface area contributed by atoms with Crippen molar-refractivity contribution in [1.82, 2.24) is 19.5 Å². The Hall–Kier alpha value is -2.62. The molecule has 8 nitrogen and oxygen atoms in total. The first-order valence-corrected chi connectivity index (χ1v) is 11.9. The van der Waals surface area contributed by atoms with Crippen molar-refractivity contribution in [3.05, 3.63) is 35.5 Å². The molecule has 3 heterocycles. The normalized spacial score (nSPS) is 21.4. The van der Waals surface area contributed by atoms with Gasteiger partial charge in [-0.3, -0.25) is 0 Å². The van der Waals surface area contributed by atoms with Crippen molar-refractivity contribution in [1.29, 1.82) is 0 Å². The second-order valence-corrected chi connectivity index (χ2v) is 9.86. The number of halogens is 1. The fourth-order valence-electron chi connectivity index (χ4n) is 4.61. The second kappa shape index (κ2) is 9.20. The van der Waals surface area contributed by atoms with Crippen LogP contribution in [0.25, 0.3) is 22.3 Å². The van der Waals surface area contributed by atoms with Gasteiger partial charge in [0.05, 0.1) is 23.4 Å². The van der Waals surface area contributed by atoms with E-state index in [1.54, 1.807) is 20.0 Å². The summed E-state index contributed by atoms with van der Waals surface area (Å²) in [6.45, 7) is 11.6. The molecule has 0 bridgehead atoms. The molecule has 1 aliphatic heterocycles. The Morgan fingerprint density at radius 2 is 2.03 bits per heavy atom. The van der Waals surface area contributed by atoms with Crippen molar-refractivity contribution in [2.75, 3.05) is 11.9 Å². The quantitative estimate of drug-likeness (QED) is 0.497. The number of aliphatic hydroxyl groups excluding tert-OH is 1. The number of rotatable bonds is 6. The molecule has 0 spiro atoms. The molecule has 0 unspecified atom stereocenters. The summed E-state index contributed by atoms with van der Waals surface area (Å²) in [5.41, 5.74) is 1.57. The lowest BCUT2D eigenvalue weighted by atomic mass is 9.98. The van der Waals surface area contributed by atoms with Crippen molar-refractivity contribution in [3.8, 4) is 11.3 Å². The molecule has 3 atom stereocenters. The zero-order chi connectivity index (χ0) is 24.8. The summed E-state index contributed by atoms with van der Waals surface area (Å²) in [4.78, 5) is 13.5. The van der Waals surface area contributed by atoms with Crippen LogP contribution >= 0.6 is 0 Å². The lowest BCUT2D eigenvalue weighted by Gasteiger charge is -2.34. The Kier molecular flexibility index (Phi) is 6.63. The minimum Gasteiger partial charge on any atom is -0.388 e. The van der Waals surface area contributed by atoms with Gasteiger partial charge in [-0.25, -0.2) is 19.3 Å². The summed E-state index contributed by atoms with van der Waals surface area (Å²) in [7, 11) is 0. The van der Waals surface area contributed by atoms with E-state index in [4.69, 9.17) is 4.74 Å². The molecule has 184 valence electrons. The van der Waals surface area contributed by atoms with Crippen molar-refractivity contribution < 1.29 is 19.3 Å². The highest BCUT2D eigenvalue weighted by Crippen LogP contribution is 2.33. The zero-order valence-corrected chi connectivity index (χ0v) is 20.6. The Morgan fingerprint density at radius 1 is 1.29 bits per heavy atom. The van der Waals surface area contributed by atoms with E-state index < -0.39 is 17.5 Å². The van der Waals surface area contributed by atoms with Gasteiger partial charge in [0.25, 0.3) is 0 Å². The molecule has 0 amide bonds. The minimum atomic E-state index is -1.22. The minimum absolute atomic E-state index is 0.0358. The average Bonchev–Trinajstić information content (AvgIpc) is 3.17. The smallest absolute Gasteiger partial charge is 0.223 e. The molecule has 1 fully saturated rings. The lowest BCUT2D eigenvalue weighted by molar-refractivity contribution is -0.0808. The summed E-state index contributed by atoms with van der Waals surface area (Å²) < 4.78 is 22.7. The fourth-order valence-corrected chi connectivity index (χ4v) is 4.61. The Labute approximate surface area is 199 Å². The molecular formula is C25H34FN5O3. The third-order valence-electron chi connectivity index (χ3n) is 6.33. The number of fused-ring (bicyclic) bond motifs is 1. The second-order valence-electron chi connectivity index (χ2n) is 9.86. The Balaban J connectivity index is 1.76. The third-order valence-corrected chi connectivity index (χ3v) is 6.33. The van der Waals surface area contributed by atoms with Crippen LogP contribution < -0.4 is 5.32 Å².